The van der Waals surface area contributed by atoms with Gasteiger partial charge in [-0.1, -0.05) is 27.7 Å². The number of carbonyl (C=O) groups is 1. The van der Waals surface area contributed by atoms with Crippen LogP contribution in [-0.2, 0) is 0 Å². The molecular formula is C13H22N4O. The number of hydrogen-bond acceptors (Lipinski definition) is 4. The summed E-state index contributed by atoms with van der Waals surface area (Å²) in [6.07, 6.45) is 1.41. The number of amides is 1. The molecule has 1 aromatic heterocycles. The first-order valence-electron chi connectivity index (χ1n) is 6.33. The van der Waals surface area contributed by atoms with Crippen LogP contribution in [0.15, 0.2) is 12.4 Å². The van der Waals surface area contributed by atoms with E-state index in [2.05, 4.69) is 48.3 Å². The minimum Gasteiger partial charge on any atom is -0.370 e. The maximum atomic E-state index is 11.8. The number of hydrogen-bond donors (Lipinski definition) is 2. The Morgan fingerprint density at radius 3 is 2.44 bits per heavy atom. The predicted octanol–water partition coefficient (Wildman–Crippen LogP) is 1.93. The Balaban J connectivity index is 2.60. The molecule has 5 heteroatoms. The van der Waals surface area contributed by atoms with Crippen molar-refractivity contribution in [3.63, 3.8) is 0 Å². The van der Waals surface area contributed by atoms with Crippen molar-refractivity contribution < 1.29 is 4.79 Å². The third-order valence-electron chi connectivity index (χ3n) is 2.26. The molecular weight excluding hydrogens is 228 g/mol. The van der Waals surface area contributed by atoms with E-state index in [0.717, 1.165) is 6.54 Å². The Kier molecular flexibility index (Phi) is 5.55. The van der Waals surface area contributed by atoms with Crippen molar-refractivity contribution in [3.8, 4) is 0 Å². The van der Waals surface area contributed by atoms with Gasteiger partial charge in [-0.25, -0.2) is 9.97 Å². The van der Waals surface area contributed by atoms with Crippen LogP contribution in [0.2, 0.25) is 0 Å². The largest absolute Gasteiger partial charge is 0.370 e. The van der Waals surface area contributed by atoms with Crippen LogP contribution in [0.3, 0.4) is 0 Å². The zero-order valence-electron chi connectivity index (χ0n) is 11.5. The fourth-order valence-corrected chi connectivity index (χ4v) is 1.27. The molecule has 0 atom stereocenters. The molecule has 0 bridgehead atoms. The first-order valence-corrected chi connectivity index (χ1v) is 6.33. The highest BCUT2D eigenvalue weighted by molar-refractivity contribution is 5.92. The number of carbonyl (C=O) groups excluding carboxylic acids is 1. The predicted molar refractivity (Wildman–Crippen MR) is 72.5 cm³/mol. The topological polar surface area (TPSA) is 66.9 Å². The van der Waals surface area contributed by atoms with Gasteiger partial charge in [0.15, 0.2) is 0 Å². The van der Waals surface area contributed by atoms with Crippen LogP contribution in [0.1, 0.15) is 38.2 Å². The molecule has 1 heterocycles. The lowest BCUT2D eigenvalue weighted by molar-refractivity contribution is 0.0944. The summed E-state index contributed by atoms with van der Waals surface area (Å²) in [6, 6.07) is 1.68. The molecule has 1 rings (SSSR count). The van der Waals surface area contributed by atoms with Crippen LogP contribution in [0.4, 0.5) is 5.82 Å². The standard InChI is InChI=1S/C13H22N4O/c1-9(2)6-14-12-5-11(16-8-17-12)13(18)15-7-10(3)4/h5,8-10H,6-7H2,1-4H3,(H,15,18)(H,14,16,17). The molecule has 0 unspecified atom stereocenters. The highest BCUT2D eigenvalue weighted by Gasteiger charge is 2.08. The van der Waals surface area contributed by atoms with Gasteiger partial charge in [-0.3, -0.25) is 4.79 Å². The van der Waals surface area contributed by atoms with Gasteiger partial charge < -0.3 is 10.6 Å². The van der Waals surface area contributed by atoms with Gasteiger partial charge in [0.1, 0.15) is 17.8 Å². The van der Waals surface area contributed by atoms with E-state index < -0.39 is 0 Å². The Bertz CT molecular complexity index is 390. The summed E-state index contributed by atoms with van der Waals surface area (Å²) < 4.78 is 0. The highest BCUT2D eigenvalue weighted by Crippen LogP contribution is 2.05. The van der Waals surface area contributed by atoms with Gasteiger partial charge in [0, 0.05) is 19.2 Å². The SMILES string of the molecule is CC(C)CNC(=O)c1cc(NCC(C)C)ncn1. The van der Waals surface area contributed by atoms with E-state index in [1.165, 1.54) is 6.33 Å². The van der Waals surface area contributed by atoms with E-state index in [1.807, 2.05) is 0 Å². The van der Waals surface area contributed by atoms with Crippen molar-refractivity contribution in [1.82, 2.24) is 15.3 Å². The molecule has 1 amide bonds. The summed E-state index contributed by atoms with van der Waals surface area (Å²) in [5.41, 5.74) is 0.400. The lowest BCUT2D eigenvalue weighted by atomic mass is 10.2. The average Bonchev–Trinajstić information content (AvgIpc) is 2.33. The number of rotatable bonds is 6. The van der Waals surface area contributed by atoms with E-state index in [1.54, 1.807) is 6.07 Å². The van der Waals surface area contributed by atoms with Crippen molar-refractivity contribution >= 4 is 11.7 Å². The fraction of sp³-hybridized carbons (Fsp3) is 0.615. The van der Waals surface area contributed by atoms with Crippen LogP contribution in [0, 0.1) is 11.8 Å². The molecule has 0 radical (unpaired) electrons. The molecule has 5 nitrogen and oxygen atoms in total. The van der Waals surface area contributed by atoms with E-state index >= 15 is 0 Å². The number of nitrogens with zero attached hydrogens (tertiary/aromatic N) is 2. The van der Waals surface area contributed by atoms with Crippen LogP contribution >= 0.6 is 0 Å². The third-order valence-corrected chi connectivity index (χ3v) is 2.26. The van der Waals surface area contributed by atoms with Crippen LogP contribution < -0.4 is 10.6 Å². The summed E-state index contributed by atoms with van der Waals surface area (Å²) >= 11 is 0. The van der Waals surface area contributed by atoms with Gasteiger partial charge in [-0.15, -0.1) is 0 Å². The molecule has 0 saturated carbocycles. The van der Waals surface area contributed by atoms with Crippen molar-refractivity contribution in [2.75, 3.05) is 18.4 Å². The van der Waals surface area contributed by atoms with Crippen LogP contribution in [0.5, 0.6) is 0 Å². The van der Waals surface area contributed by atoms with Gasteiger partial charge in [0.05, 0.1) is 0 Å². The molecule has 0 aliphatic carbocycles. The van der Waals surface area contributed by atoms with Gasteiger partial charge in [0.2, 0.25) is 0 Å². The molecule has 0 aliphatic rings. The van der Waals surface area contributed by atoms with E-state index in [4.69, 9.17) is 0 Å². The summed E-state index contributed by atoms with van der Waals surface area (Å²) in [5, 5.41) is 6.01. The summed E-state index contributed by atoms with van der Waals surface area (Å²) in [5.74, 6) is 1.49. The first kappa shape index (κ1) is 14.4. The first-order chi connectivity index (χ1) is 8.49. The maximum absolute atomic E-state index is 11.8. The second kappa shape index (κ2) is 6.93. The van der Waals surface area contributed by atoms with E-state index in [-0.39, 0.29) is 5.91 Å². The Labute approximate surface area is 108 Å². The van der Waals surface area contributed by atoms with E-state index in [0.29, 0.717) is 29.9 Å². The minimum absolute atomic E-state index is 0.154. The second-order valence-corrected chi connectivity index (χ2v) is 5.17. The molecule has 0 spiro atoms. The monoisotopic (exact) mass is 250 g/mol. The smallest absolute Gasteiger partial charge is 0.270 e. The minimum atomic E-state index is -0.154. The average molecular weight is 250 g/mol. The van der Waals surface area contributed by atoms with Gasteiger partial charge >= 0.3 is 0 Å². The van der Waals surface area contributed by atoms with Crippen molar-refractivity contribution in [1.29, 1.82) is 0 Å². The lowest BCUT2D eigenvalue weighted by Crippen LogP contribution is -2.28. The van der Waals surface area contributed by atoms with Crippen molar-refractivity contribution in [2.24, 2.45) is 11.8 Å². The molecule has 0 fully saturated rings. The number of anilines is 1. The lowest BCUT2D eigenvalue weighted by Gasteiger charge is -2.10. The van der Waals surface area contributed by atoms with Crippen LogP contribution in [0.25, 0.3) is 0 Å². The van der Waals surface area contributed by atoms with Crippen molar-refractivity contribution in [3.05, 3.63) is 18.1 Å². The highest BCUT2D eigenvalue weighted by atomic mass is 16.1. The Morgan fingerprint density at radius 1 is 1.17 bits per heavy atom. The maximum Gasteiger partial charge on any atom is 0.270 e. The third kappa shape index (κ3) is 5.12. The zero-order chi connectivity index (χ0) is 13.5. The Hall–Kier alpha value is -1.65. The number of aromatic nitrogens is 2. The van der Waals surface area contributed by atoms with E-state index in [9.17, 15) is 4.79 Å². The van der Waals surface area contributed by atoms with Gasteiger partial charge in [-0.05, 0) is 11.8 Å². The number of nitrogens with one attached hydrogen (secondary N) is 2. The van der Waals surface area contributed by atoms with Gasteiger partial charge in [0.25, 0.3) is 5.91 Å². The second-order valence-electron chi connectivity index (χ2n) is 5.17. The molecule has 2 N–H and O–H groups in total. The molecule has 100 valence electrons. The molecule has 0 aliphatic heterocycles. The normalized spacial score (nSPS) is 10.8. The summed E-state index contributed by atoms with van der Waals surface area (Å²) in [6.45, 7) is 9.81. The fourth-order valence-electron chi connectivity index (χ4n) is 1.27. The molecule has 1 aromatic rings. The Morgan fingerprint density at radius 2 is 1.83 bits per heavy atom. The summed E-state index contributed by atoms with van der Waals surface area (Å²) in [7, 11) is 0. The molecule has 0 aromatic carbocycles. The van der Waals surface area contributed by atoms with Crippen LogP contribution in [-0.4, -0.2) is 29.0 Å². The quantitative estimate of drug-likeness (QED) is 0.809. The zero-order valence-corrected chi connectivity index (χ0v) is 11.5. The summed E-state index contributed by atoms with van der Waals surface area (Å²) in [4.78, 5) is 19.9. The molecule has 0 saturated heterocycles. The van der Waals surface area contributed by atoms with Gasteiger partial charge in [-0.2, -0.15) is 0 Å². The van der Waals surface area contributed by atoms with Crippen molar-refractivity contribution in [2.45, 2.75) is 27.7 Å². The molecule has 18 heavy (non-hydrogen) atoms.